The van der Waals surface area contributed by atoms with Crippen LogP contribution in [0.1, 0.15) is 15.9 Å². The fourth-order valence-electron chi connectivity index (χ4n) is 3.21. The van der Waals surface area contributed by atoms with Crippen LogP contribution in [-0.4, -0.2) is 62.0 Å². The molecule has 1 N–H and O–H groups in total. The van der Waals surface area contributed by atoms with Crippen LogP contribution in [0.15, 0.2) is 54.6 Å². The molecule has 1 heterocycles. The SMILES string of the molecule is Cc1ccccc1C(=O)NCC(=O)OCC(=O)N1CCN(c2ccccc2)CC1. The monoisotopic (exact) mass is 395 g/mol. The van der Waals surface area contributed by atoms with Crippen LogP contribution in [0, 0.1) is 6.92 Å². The number of hydrogen-bond donors (Lipinski definition) is 1. The Morgan fingerprint density at radius 3 is 2.28 bits per heavy atom. The predicted molar refractivity (Wildman–Crippen MR) is 110 cm³/mol. The number of rotatable bonds is 6. The Balaban J connectivity index is 1.38. The van der Waals surface area contributed by atoms with Crippen molar-refractivity contribution in [3.05, 3.63) is 65.7 Å². The first-order valence-corrected chi connectivity index (χ1v) is 9.62. The van der Waals surface area contributed by atoms with Gasteiger partial charge in [0.2, 0.25) is 0 Å². The molecule has 7 heteroatoms. The summed E-state index contributed by atoms with van der Waals surface area (Å²) >= 11 is 0. The smallest absolute Gasteiger partial charge is 0.325 e. The Kier molecular flexibility index (Phi) is 6.84. The molecule has 0 bridgehead atoms. The average molecular weight is 395 g/mol. The summed E-state index contributed by atoms with van der Waals surface area (Å²) in [5.41, 5.74) is 2.46. The molecular weight excluding hydrogens is 370 g/mol. The Morgan fingerprint density at radius 2 is 1.59 bits per heavy atom. The van der Waals surface area contributed by atoms with E-state index in [4.69, 9.17) is 4.74 Å². The zero-order chi connectivity index (χ0) is 20.6. The van der Waals surface area contributed by atoms with Crippen molar-refractivity contribution < 1.29 is 19.1 Å². The second kappa shape index (κ2) is 9.73. The van der Waals surface area contributed by atoms with Gasteiger partial charge < -0.3 is 19.9 Å². The number of hydrogen-bond acceptors (Lipinski definition) is 5. The van der Waals surface area contributed by atoms with Gasteiger partial charge in [0, 0.05) is 37.4 Å². The molecule has 2 amide bonds. The van der Waals surface area contributed by atoms with Crippen molar-refractivity contribution in [1.29, 1.82) is 0 Å². The Morgan fingerprint density at radius 1 is 0.931 bits per heavy atom. The maximum absolute atomic E-state index is 12.3. The van der Waals surface area contributed by atoms with E-state index in [-0.39, 0.29) is 25.0 Å². The molecule has 0 aromatic heterocycles. The van der Waals surface area contributed by atoms with Gasteiger partial charge in [0.05, 0.1) is 0 Å². The molecule has 2 aromatic rings. The molecule has 3 rings (SSSR count). The van der Waals surface area contributed by atoms with Gasteiger partial charge in [-0.15, -0.1) is 0 Å². The third-order valence-corrected chi connectivity index (χ3v) is 4.89. The normalized spacial score (nSPS) is 13.7. The van der Waals surface area contributed by atoms with Crippen LogP contribution in [0.4, 0.5) is 5.69 Å². The summed E-state index contributed by atoms with van der Waals surface area (Å²) in [5.74, 6) is -1.21. The van der Waals surface area contributed by atoms with Gasteiger partial charge in [-0.05, 0) is 30.7 Å². The van der Waals surface area contributed by atoms with E-state index in [1.54, 1.807) is 17.0 Å². The summed E-state index contributed by atoms with van der Waals surface area (Å²) in [5, 5.41) is 2.52. The van der Waals surface area contributed by atoms with E-state index in [0.29, 0.717) is 18.7 Å². The van der Waals surface area contributed by atoms with E-state index in [9.17, 15) is 14.4 Å². The number of nitrogens with zero attached hydrogens (tertiary/aromatic N) is 2. The number of para-hydroxylation sites is 1. The maximum atomic E-state index is 12.3. The van der Waals surface area contributed by atoms with Crippen LogP contribution in [0.2, 0.25) is 0 Å². The van der Waals surface area contributed by atoms with E-state index in [1.165, 1.54) is 0 Å². The quantitative estimate of drug-likeness (QED) is 0.752. The third-order valence-electron chi connectivity index (χ3n) is 4.89. The van der Waals surface area contributed by atoms with E-state index in [2.05, 4.69) is 10.2 Å². The molecule has 0 aliphatic carbocycles. The molecule has 0 atom stereocenters. The molecule has 0 radical (unpaired) electrons. The van der Waals surface area contributed by atoms with Crippen LogP contribution in [0.25, 0.3) is 0 Å². The number of ether oxygens (including phenoxy) is 1. The summed E-state index contributed by atoms with van der Waals surface area (Å²) in [6, 6.07) is 17.2. The van der Waals surface area contributed by atoms with Crippen LogP contribution < -0.4 is 10.2 Å². The third kappa shape index (κ3) is 5.57. The molecule has 7 nitrogen and oxygen atoms in total. The van der Waals surface area contributed by atoms with Crippen molar-refractivity contribution in [3.8, 4) is 0 Å². The summed E-state index contributed by atoms with van der Waals surface area (Å²) < 4.78 is 5.03. The molecule has 29 heavy (non-hydrogen) atoms. The number of amides is 2. The van der Waals surface area contributed by atoms with Crippen molar-refractivity contribution in [3.63, 3.8) is 0 Å². The topological polar surface area (TPSA) is 78.9 Å². The summed E-state index contributed by atoms with van der Waals surface area (Å²) in [6.07, 6.45) is 0. The van der Waals surface area contributed by atoms with Crippen molar-refractivity contribution >= 4 is 23.5 Å². The summed E-state index contributed by atoms with van der Waals surface area (Å²) in [4.78, 5) is 40.2. The van der Waals surface area contributed by atoms with E-state index >= 15 is 0 Å². The fourth-order valence-corrected chi connectivity index (χ4v) is 3.21. The number of benzene rings is 2. The van der Waals surface area contributed by atoms with Crippen molar-refractivity contribution in [2.24, 2.45) is 0 Å². The second-order valence-electron chi connectivity index (χ2n) is 6.86. The van der Waals surface area contributed by atoms with E-state index in [0.717, 1.165) is 24.3 Å². The van der Waals surface area contributed by atoms with Crippen molar-refractivity contribution in [2.45, 2.75) is 6.92 Å². The number of nitrogens with one attached hydrogen (secondary N) is 1. The molecular formula is C22H25N3O4. The lowest BCUT2D eigenvalue weighted by Crippen LogP contribution is -2.50. The number of carbonyl (C=O) groups is 3. The lowest BCUT2D eigenvalue weighted by atomic mass is 10.1. The number of piperazine rings is 1. The molecule has 152 valence electrons. The van der Waals surface area contributed by atoms with E-state index < -0.39 is 5.97 Å². The highest BCUT2D eigenvalue weighted by Gasteiger charge is 2.22. The molecule has 2 aromatic carbocycles. The Hall–Kier alpha value is -3.35. The summed E-state index contributed by atoms with van der Waals surface area (Å²) in [6.45, 7) is 3.85. The maximum Gasteiger partial charge on any atom is 0.325 e. The van der Waals surface area contributed by atoms with Gasteiger partial charge in [0.25, 0.3) is 11.8 Å². The average Bonchev–Trinajstić information content (AvgIpc) is 2.77. The number of carbonyl (C=O) groups excluding carboxylic acids is 3. The fraction of sp³-hybridized carbons (Fsp3) is 0.318. The molecule has 1 fully saturated rings. The zero-order valence-electron chi connectivity index (χ0n) is 16.5. The lowest BCUT2D eigenvalue weighted by molar-refractivity contribution is -0.151. The Labute approximate surface area is 170 Å². The molecule has 1 aliphatic heterocycles. The minimum Gasteiger partial charge on any atom is -0.454 e. The van der Waals surface area contributed by atoms with Crippen LogP contribution in [-0.2, 0) is 14.3 Å². The largest absolute Gasteiger partial charge is 0.454 e. The predicted octanol–water partition coefficient (Wildman–Crippen LogP) is 1.62. The minimum atomic E-state index is -0.636. The van der Waals surface area contributed by atoms with Crippen molar-refractivity contribution in [2.75, 3.05) is 44.2 Å². The highest BCUT2D eigenvalue weighted by atomic mass is 16.5. The standard InChI is InChI=1S/C22H25N3O4/c1-17-7-5-6-10-19(17)22(28)23-15-21(27)29-16-20(26)25-13-11-24(12-14-25)18-8-3-2-4-9-18/h2-10H,11-16H2,1H3,(H,23,28). The van der Waals surface area contributed by atoms with Crippen LogP contribution in [0.5, 0.6) is 0 Å². The molecule has 0 saturated carbocycles. The zero-order valence-corrected chi connectivity index (χ0v) is 16.5. The second-order valence-corrected chi connectivity index (χ2v) is 6.86. The molecule has 0 unspecified atom stereocenters. The number of aryl methyl sites for hydroxylation is 1. The number of anilines is 1. The Bertz CT molecular complexity index is 861. The van der Waals surface area contributed by atoms with Crippen LogP contribution in [0.3, 0.4) is 0 Å². The first-order chi connectivity index (χ1) is 14.0. The van der Waals surface area contributed by atoms with Gasteiger partial charge >= 0.3 is 5.97 Å². The van der Waals surface area contributed by atoms with E-state index in [1.807, 2.05) is 49.4 Å². The van der Waals surface area contributed by atoms with Gasteiger partial charge in [0.1, 0.15) is 6.54 Å². The highest BCUT2D eigenvalue weighted by Crippen LogP contribution is 2.15. The first kappa shape index (κ1) is 20.4. The van der Waals surface area contributed by atoms with Gasteiger partial charge in [-0.3, -0.25) is 14.4 Å². The van der Waals surface area contributed by atoms with Gasteiger partial charge in [0.15, 0.2) is 6.61 Å². The van der Waals surface area contributed by atoms with Gasteiger partial charge in [-0.25, -0.2) is 0 Å². The molecule has 0 spiro atoms. The molecule has 1 aliphatic rings. The van der Waals surface area contributed by atoms with Crippen LogP contribution >= 0.6 is 0 Å². The lowest BCUT2D eigenvalue weighted by Gasteiger charge is -2.36. The van der Waals surface area contributed by atoms with Crippen molar-refractivity contribution in [1.82, 2.24) is 10.2 Å². The highest BCUT2D eigenvalue weighted by molar-refractivity contribution is 5.97. The first-order valence-electron chi connectivity index (χ1n) is 9.62. The summed E-state index contributed by atoms with van der Waals surface area (Å²) in [7, 11) is 0. The van der Waals surface area contributed by atoms with Gasteiger partial charge in [-0.1, -0.05) is 36.4 Å². The van der Waals surface area contributed by atoms with Gasteiger partial charge in [-0.2, -0.15) is 0 Å². The molecule has 1 saturated heterocycles. The minimum absolute atomic E-state index is 0.226. The number of esters is 1.